The predicted octanol–water partition coefficient (Wildman–Crippen LogP) is 2.99. The van der Waals surface area contributed by atoms with Crippen LogP contribution in [0.5, 0.6) is 0 Å². The maximum atomic E-state index is 12.4. The number of hydrogen-bond acceptors (Lipinski definition) is 5. The topological polar surface area (TPSA) is 86.7 Å². The third-order valence-corrected chi connectivity index (χ3v) is 5.11. The molecule has 180 valence electrons. The van der Waals surface area contributed by atoms with Gasteiger partial charge in [-0.05, 0) is 53.4 Å². The zero-order valence-electron chi connectivity index (χ0n) is 19.7. The van der Waals surface area contributed by atoms with Crippen LogP contribution < -0.4 is 5.32 Å². The Labute approximate surface area is 203 Å². The summed E-state index contributed by atoms with van der Waals surface area (Å²) in [4.78, 5) is 34.9. The Morgan fingerprint density at radius 1 is 1.00 bits per heavy atom. The predicted molar refractivity (Wildman–Crippen MR) is 132 cm³/mol. The summed E-state index contributed by atoms with van der Waals surface area (Å²) in [6.07, 6.45) is 1.54. The Morgan fingerprint density at radius 3 is 2.23 bits per heavy atom. The molecule has 0 spiro atoms. The number of nitrogens with zero attached hydrogens (tertiary/aromatic N) is 4. The van der Waals surface area contributed by atoms with E-state index in [0.29, 0.717) is 38.7 Å². The highest BCUT2D eigenvalue weighted by Crippen LogP contribution is 2.20. The number of guanidine groups is 1. The number of ether oxygens (including phenoxy) is 2. The number of piperidine rings is 1. The molecule has 0 bridgehead atoms. The van der Waals surface area contributed by atoms with E-state index in [2.05, 4.69) is 17.1 Å². The highest BCUT2D eigenvalue weighted by atomic mass is 127. The molecule has 0 radical (unpaired) electrons. The van der Waals surface area contributed by atoms with Crippen molar-refractivity contribution in [3.8, 4) is 0 Å². The van der Waals surface area contributed by atoms with Crippen molar-refractivity contribution in [1.82, 2.24) is 20.0 Å². The fourth-order valence-electron chi connectivity index (χ4n) is 3.66. The van der Waals surface area contributed by atoms with Gasteiger partial charge in [0, 0.05) is 52.4 Å². The van der Waals surface area contributed by atoms with E-state index in [-0.39, 0.29) is 36.2 Å². The number of carbonyl (C=O) groups excluding carboxylic acids is 2. The number of piperazine rings is 1. The summed E-state index contributed by atoms with van der Waals surface area (Å²) < 4.78 is 10.6. The molecule has 2 aliphatic heterocycles. The van der Waals surface area contributed by atoms with Gasteiger partial charge in [0.1, 0.15) is 5.60 Å². The number of nitrogens with one attached hydrogen (secondary N) is 1. The number of carbonyl (C=O) groups is 2. The van der Waals surface area contributed by atoms with Crippen molar-refractivity contribution in [2.45, 2.75) is 53.1 Å². The highest BCUT2D eigenvalue weighted by Gasteiger charge is 2.28. The Hall–Kier alpha value is -1.46. The quantitative estimate of drug-likeness (QED) is 0.328. The molecule has 0 aromatic heterocycles. The molecule has 9 nitrogen and oxygen atoms in total. The van der Waals surface area contributed by atoms with Gasteiger partial charge in [-0.25, -0.2) is 9.59 Å². The third-order valence-electron chi connectivity index (χ3n) is 5.11. The van der Waals surface area contributed by atoms with Gasteiger partial charge in [-0.3, -0.25) is 4.99 Å². The Morgan fingerprint density at radius 2 is 1.65 bits per heavy atom. The van der Waals surface area contributed by atoms with E-state index >= 15 is 0 Å². The molecule has 2 amide bonds. The molecule has 2 fully saturated rings. The zero-order chi connectivity index (χ0) is 22.1. The molecule has 10 heteroatoms. The van der Waals surface area contributed by atoms with Crippen molar-refractivity contribution in [2.24, 2.45) is 10.9 Å². The fraction of sp³-hybridized carbons (Fsp3) is 0.857. The number of hydrogen-bond donors (Lipinski definition) is 1. The largest absolute Gasteiger partial charge is 0.450 e. The molecular formula is C21H40IN5O4. The summed E-state index contributed by atoms with van der Waals surface area (Å²) in [6, 6.07) is 0. The van der Waals surface area contributed by atoms with E-state index in [1.54, 1.807) is 9.80 Å². The van der Waals surface area contributed by atoms with Crippen LogP contribution in [-0.2, 0) is 9.47 Å². The van der Waals surface area contributed by atoms with Gasteiger partial charge in [0.15, 0.2) is 5.96 Å². The normalized spacial score (nSPS) is 20.1. The molecule has 0 aromatic rings. The number of aliphatic imine (C=N–C) groups is 1. The van der Waals surface area contributed by atoms with Crippen LogP contribution in [0.4, 0.5) is 9.59 Å². The van der Waals surface area contributed by atoms with Crippen molar-refractivity contribution in [2.75, 3.05) is 59.0 Å². The second-order valence-electron chi connectivity index (χ2n) is 8.80. The molecule has 0 aromatic carbocycles. The summed E-state index contributed by atoms with van der Waals surface area (Å²) in [6.45, 7) is 15.5. The average Bonchev–Trinajstić information content (AvgIpc) is 2.70. The SMILES string of the molecule is CCNC(=NCC1CCCN(C(=O)OC(C)(C)C)C1)N1CCN(C(=O)OCC)CC1.I. The minimum Gasteiger partial charge on any atom is -0.450 e. The molecule has 1 atom stereocenters. The molecule has 1 N–H and O–H groups in total. The van der Waals surface area contributed by atoms with Crippen LogP contribution in [0, 0.1) is 5.92 Å². The molecule has 0 aliphatic carbocycles. The first kappa shape index (κ1) is 27.6. The lowest BCUT2D eigenvalue weighted by Gasteiger charge is -2.36. The van der Waals surface area contributed by atoms with Crippen LogP contribution in [0.15, 0.2) is 4.99 Å². The van der Waals surface area contributed by atoms with E-state index < -0.39 is 5.60 Å². The van der Waals surface area contributed by atoms with Crippen LogP contribution in [-0.4, -0.2) is 97.4 Å². The molecule has 2 heterocycles. The molecular weight excluding hydrogens is 513 g/mol. The van der Waals surface area contributed by atoms with E-state index in [9.17, 15) is 9.59 Å². The molecule has 2 saturated heterocycles. The third kappa shape index (κ3) is 9.28. The minimum atomic E-state index is -0.480. The molecule has 2 aliphatic rings. The number of rotatable bonds is 4. The van der Waals surface area contributed by atoms with Crippen LogP contribution in [0.2, 0.25) is 0 Å². The number of amides is 2. The lowest BCUT2D eigenvalue weighted by atomic mass is 9.98. The molecule has 0 saturated carbocycles. The van der Waals surface area contributed by atoms with Crippen LogP contribution in [0.3, 0.4) is 0 Å². The lowest BCUT2D eigenvalue weighted by molar-refractivity contribution is 0.0170. The van der Waals surface area contributed by atoms with Crippen LogP contribution >= 0.6 is 24.0 Å². The molecule has 2 rings (SSSR count). The van der Waals surface area contributed by atoms with E-state index in [4.69, 9.17) is 14.5 Å². The summed E-state index contributed by atoms with van der Waals surface area (Å²) >= 11 is 0. The van der Waals surface area contributed by atoms with Gasteiger partial charge >= 0.3 is 12.2 Å². The maximum Gasteiger partial charge on any atom is 0.410 e. The van der Waals surface area contributed by atoms with Crippen molar-refractivity contribution in [3.05, 3.63) is 0 Å². The summed E-state index contributed by atoms with van der Waals surface area (Å²) in [5.74, 6) is 1.19. The van der Waals surface area contributed by atoms with Crippen molar-refractivity contribution in [1.29, 1.82) is 0 Å². The van der Waals surface area contributed by atoms with Crippen LogP contribution in [0.1, 0.15) is 47.5 Å². The number of halogens is 1. The molecule has 1 unspecified atom stereocenters. The number of likely N-dealkylation sites (tertiary alicyclic amines) is 1. The first-order chi connectivity index (χ1) is 14.2. The monoisotopic (exact) mass is 553 g/mol. The van der Waals surface area contributed by atoms with Gasteiger partial charge in [-0.2, -0.15) is 0 Å². The van der Waals surface area contributed by atoms with E-state index in [0.717, 1.165) is 45.0 Å². The first-order valence-corrected chi connectivity index (χ1v) is 11.2. The smallest absolute Gasteiger partial charge is 0.410 e. The van der Waals surface area contributed by atoms with Gasteiger partial charge in [0.25, 0.3) is 0 Å². The fourth-order valence-corrected chi connectivity index (χ4v) is 3.66. The maximum absolute atomic E-state index is 12.4. The standard InChI is InChI=1S/C21H39N5O4.HI/c1-6-22-18(24-11-13-25(14-12-24)19(27)29-7-2)23-15-17-9-8-10-26(16-17)20(28)30-21(3,4)5;/h17H,6-16H2,1-5H3,(H,22,23);1H. The Kier molecular flexibility index (Phi) is 11.7. The molecule has 31 heavy (non-hydrogen) atoms. The van der Waals surface area contributed by atoms with Crippen molar-refractivity contribution >= 4 is 42.1 Å². The van der Waals surface area contributed by atoms with Gasteiger partial charge < -0.3 is 29.5 Å². The lowest BCUT2D eigenvalue weighted by Crippen LogP contribution is -2.54. The zero-order valence-corrected chi connectivity index (χ0v) is 22.0. The summed E-state index contributed by atoms with van der Waals surface area (Å²) in [7, 11) is 0. The second-order valence-corrected chi connectivity index (χ2v) is 8.80. The van der Waals surface area contributed by atoms with Crippen LogP contribution in [0.25, 0.3) is 0 Å². The van der Waals surface area contributed by atoms with E-state index in [1.165, 1.54) is 0 Å². The highest BCUT2D eigenvalue weighted by molar-refractivity contribution is 14.0. The minimum absolute atomic E-state index is 0. The summed E-state index contributed by atoms with van der Waals surface area (Å²) in [5, 5.41) is 3.36. The Bertz CT molecular complexity index is 603. The first-order valence-electron chi connectivity index (χ1n) is 11.2. The van der Waals surface area contributed by atoms with Gasteiger partial charge in [-0.15, -0.1) is 24.0 Å². The van der Waals surface area contributed by atoms with Gasteiger partial charge in [0.05, 0.1) is 6.61 Å². The van der Waals surface area contributed by atoms with E-state index in [1.807, 2.05) is 27.7 Å². The van der Waals surface area contributed by atoms with Gasteiger partial charge in [0.2, 0.25) is 0 Å². The van der Waals surface area contributed by atoms with Gasteiger partial charge in [-0.1, -0.05) is 0 Å². The summed E-state index contributed by atoms with van der Waals surface area (Å²) in [5.41, 5.74) is -0.480. The van der Waals surface area contributed by atoms with Crippen molar-refractivity contribution < 1.29 is 19.1 Å². The Balaban J connectivity index is 0.00000480. The van der Waals surface area contributed by atoms with Crippen molar-refractivity contribution in [3.63, 3.8) is 0 Å². The second kappa shape index (κ2) is 13.2. The average molecular weight is 553 g/mol.